The third-order valence-corrected chi connectivity index (χ3v) is 3.60. The summed E-state index contributed by atoms with van der Waals surface area (Å²) in [7, 11) is 1.79. The van der Waals surface area contributed by atoms with Crippen molar-refractivity contribution < 1.29 is 14.7 Å². The zero-order valence-electron chi connectivity index (χ0n) is 11.8. The van der Waals surface area contributed by atoms with Gasteiger partial charge in [0.1, 0.15) is 6.10 Å². The van der Waals surface area contributed by atoms with Crippen LogP contribution in [0, 0.1) is 6.92 Å². The van der Waals surface area contributed by atoms with Crippen LogP contribution in [0.4, 0.5) is 5.69 Å². The summed E-state index contributed by atoms with van der Waals surface area (Å²) in [5.74, 6) is -0.635. The normalized spacial score (nSPS) is 19.9. The molecule has 1 fully saturated rings. The number of aliphatic hydroxyl groups excluding tert-OH is 1. The zero-order valence-corrected chi connectivity index (χ0v) is 11.8. The van der Waals surface area contributed by atoms with Gasteiger partial charge in [-0.05, 0) is 26.2 Å². The average Bonchev–Trinajstić information content (AvgIpc) is 2.63. The molecule has 2 N–H and O–H groups in total. The minimum atomic E-state index is -0.981. The lowest BCUT2D eigenvalue weighted by Gasteiger charge is -2.21. The van der Waals surface area contributed by atoms with Crippen LogP contribution in [0.1, 0.15) is 25.0 Å². The Hall–Kier alpha value is -1.89. The molecule has 0 aliphatic carbocycles. The summed E-state index contributed by atoms with van der Waals surface area (Å²) < 4.78 is 1.66. The number of amides is 2. The lowest BCUT2D eigenvalue weighted by molar-refractivity contribution is -0.141. The minimum absolute atomic E-state index is 0.0375. The van der Waals surface area contributed by atoms with Crippen molar-refractivity contribution in [2.75, 3.05) is 18.4 Å². The number of hydrogen-bond acceptors (Lipinski definition) is 4. The molecular weight excluding hydrogens is 260 g/mol. The maximum Gasteiger partial charge on any atom is 0.251 e. The second-order valence-corrected chi connectivity index (χ2v) is 5.09. The van der Waals surface area contributed by atoms with Crippen LogP contribution >= 0.6 is 0 Å². The maximum absolute atomic E-state index is 12.0. The Kier molecular flexibility index (Phi) is 4.39. The van der Waals surface area contributed by atoms with Gasteiger partial charge >= 0.3 is 0 Å². The number of rotatable bonds is 3. The Labute approximate surface area is 117 Å². The predicted octanol–water partition coefficient (Wildman–Crippen LogP) is 0.0404. The van der Waals surface area contributed by atoms with Crippen LogP contribution in [0.2, 0.25) is 0 Å². The molecule has 0 spiro atoms. The lowest BCUT2D eigenvalue weighted by Crippen LogP contribution is -2.42. The van der Waals surface area contributed by atoms with Crippen molar-refractivity contribution in [1.29, 1.82) is 0 Å². The van der Waals surface area contributed by atoms with E-state index in [9.17, 15) is 14.7 Å². The number of aliphatic hydroxyl groups is 1. The molecule has 1 aliphatic rings. The Morgan fingerprint density at radius 2 is 2.30 bits per heavy atom. The largest absolute Gasteiger partial charge is 0.383 e. The van der Waals surface area contributed by atoms with Crippen LogP contribution in [0.15, 0.2) is 6.20 Å². The standard InChI is InChI=1S/C13H20N4O3/c1-9-10(7-14-16(9)2)15-12(19)8-17-6-4-3-5-11(18)13(17)20/h7,11,18H,3-6,8H2,1-2H3,(H,15,19). The van der Waals surface area contributed by atoms with Crippen LogP contribution < -0.4 is 5.32 Å². The molecule has 110 valence electrons. The van der Waals surface area contributed by atoms with E-state index in [1.807, 2.05) is 6.92 Å². The van der Waals surface area contributed by atoms with Crippen molar-refractivity contribution >= 4 is 17.5 Å². The molecule has 1 atom stereocenters. The van der Waals surface area contributed by atoms with Crippen molar-refractivity contribution in [2.24, 2.45) is 7.05 Å². The van der Waals surface area contributed by atoms with Gasteiger partial charge < -0.3 is 15.3 Å². The molecule has 1 aliphatic heterocycles. The number of likely N-dealkylation sites (tertiary alicyclic amines) is 1. The highest BCUT2D eigenvalue weighted by Gasteiger charge is 2.26. The van der Waals surface area contributed by atoms with Gasteiger partial charge in [0.25, 0.3) is 5.91 Å². The van der Waals surface area contributed by atoms with Crippen molar-refractivity contribution in [3.05, 3.63) is 11.9 Å². The van der Waals surface area contributed by atoms with E-state index in [0.29, 0.717) is 18.7 Å². The second-order valence-electron chi connectivity index (χ2n) is 5.09. The summed E-state index contributed by atoms with van der Waals surface area (Å²) in [4.78, 5) is 25.3. The van der Waals surface area contributed by atoms with E-state index < -0.39 is 6.10 Å². The van der Waals surface area contributed by atoms with Crippen LogP contribution in [-0.4, -0.2) is 50.8 Å². The molecule has 1 aromatic heterocycles. The van der Waals surface area contributed by atoms with Crippen LogP contribution in [0.3, 0.4) is 0 Å². The summed E-state index contributed by atoms with van der Waals surface area (Å²) >= 11 is 0. The first-order chi connectivity index (χ1) is 9.49. The number of nitrogens with one attached hydrogen (secondary N) is 1. The Morgan fingerprint density at radius 1 is 1.55 bits per heavy atom. The van der Waals surface area contributed by atoms with Gasteiger partial charge in [-0.15, -0.1) is 0 Å². The fraction of sp³-hybridized carbons (Fsp3) is 0.615. The SMILES string of the molecule is Cc1c(NC(=O)CN2CCCCC(O)C2=O)cnn1C. The Morgan fingerprint density at radius 3 is 2.95 bits per heavy atom. The molecule has 0 saturated carbocycles. The van der Waals surface area contributed by atoms with Crippen LogP contribution in [0.5, 0.6) is 0 Å². The van der Waals surface area contributed by atoms with E-state index in [-0.39, 0.29) is 18.4 Å². The molecule has 2 heterocycles. The van der Waals surface area contributed by atoms with Crippen molar-refractivity contribution in [1.82, 2.24) is 14.7 Å². The molecular formula is C13H20N4O3. The highest BCUT2D eigenvalue weighted by Crippen LogP contribution is 2.14. The van der Waals surface area contributed by atoms with Gasteiger partial charge in [-0.2, -0.15) is 5.10 Å². The van der Waals surface area contributed by atoms with Crippen LogP contribution in [0.25, 0.3) is 0 Å². The average molecular weight is 280 g/mol. The fourth-order valence-electron chi connectivity index (χ4n) is 2.23. The van der Waals surface area contributed by atoms with Crippen LogP contribution in [-0.2, 0) is 16.6 Å². The third-order valence-electron chi connectivity index (χ3n) is 3.60. The quantitative estimate of drug-likeness (QED) is 0.818. The number of carbonyl (C=O) groups is 2. The number of nitrogens with zero attached hydrogens (tertiary/aromatic N) is 3. The Balaban J connectivity index is 1.96. The fourth-order valence-corrected chi connectivity index (χ4v) is 2.23. The van der Waals surface area contributed by atoms with E-state index in [1.54, 1.807) is 17.9 Å². The first-order valence-corrected chi connectivity index (χ1v) is 6.74. The van der Waals surface area contributed by atoms with Gasteiger partial charge in [0, 0.05) is 13.6 Å². The second kappa shape index (κ2) is 6.04. The van der Waals surface area contributed by atoms with Gasteiger partial charge in [0.05, 0.1) is 24.1 Å². The summed E-state index contributed by atoms with van der Waals surface area (Å²) in [5, 5.41) is 16.4. The number of carbonyl (C=O) groups excluding carboxylic acids is 2. The molecule has 2 rings (SSSR count). The van der Waals surface area contributed by atoms with E-state index in [2.05, 4.69) is 10.4 Å². The van der Waals surface area contributed by atoms with Gasteiger partial charge in [-0.25, -0.2) is 0 Å². The molecule has 2 amide bonds. The van der Waals surface area contributed by atoms with E-state index in [1.165, 1.54) is 4.90 Å². The number of hydrogen-bond donors (Lipinski definition) is 2. The molecule has 0 bridgehead atoms. The smallest absolute Gasteiger partial charge is 0.251 e. The van der Waals surface area contributed by atoms with Gasteiger partial charge in [-0.3, -0.25) is 14.3 Å². The minimum Gasteiger partial charge on any atom is -0.383 e. The molecule has 20 heavy (non-hydrogen) atoms. The number of anilines is 1. The zero-order chi connectivity index (χ0) is 14.7. The highest BCUT2D eigenvalue weighted by molar-refractivity contribution is 5.95. The molecule has 0 radical (unpaired) electrons. The van der Waals surface area contributed by atoms with Gasteiger partial charge in [0.2, 0.25) is 5.91 Å². The maximum atomic E-state index is 12.0. The molecule has 7 nitrogen and oxygen atoms in total. The lowest BCUT2D eigenvalue weighted by atomic mass is 10.2. The van der Waals surface area contributed by atoms with Crippen molar-refractivity contribution in [3.8, 4) is 0 Å². The molecule has 0 aromatic carbocycles. The first kappa shape index (κ1) is 14.5. The monoisotopic (exact) mass is 280 g/mol. The summed E-state index contributed by atoms with van der Waals surface area (Å²) in [6, 6.07) is 0. The van der Waals surface area contributed by atoms with E-state index in [4.69, 9.17) is 0 Å². The summed E-state index contributed by atoms with van der Waals surface area (Å²) in [6.45, 7) is 2.32. The van der Waals surface area contributed by atoms with E-state index in [0.717, 1.165) is 18.5 Å². The van der Waals surface area contributed by atoms with Crippen molar-refractivity contribution in [2.45, 2.75) is 32.3 Å². The molecule has 1 unspecified atom stereocenters. The number of aromatic nitrogens is 2. The molecule has 1 saturated heterocycles. The third kappa shape index (κ3) is 3.16. The first-order valence-electron chi connectivity index (χ1n) is 6.74. The highest BCUT2D eigenvalue weighted by atomic mass is 16.3. The van der Waals surface area contributed by atoms with Gasteiger partial charge in [-0.1, -0.05) is 0 Å². The van der Waals surface area contributed by atoms with Crippen molar-refractivity contribution in [3.63, 3.8) is 0 Å². The topological polar surface area (TPSA) is 87.5 Å². The van der Waals surface area contributed by atoms with Gasteiger partial charge in [0.15, 0.2) is 0 Å². The Bertz CT molecular complexity index is 512. The molecule has 7 heteroatoms. The number of aryl methyl sites for hydroxylation is 1. The predicted molar refractivity (Wildman–Crippen MR) is 73.0 cm³/mol. The summed E-state index contributed by atoms with van der Waals surface area (Å²) in [6.07, 6.45) is 2.67. The van der Waals surface area contributed by atoms with E-state index >= 15 is 0 Å². The summed E-state index contributed by atoms with van der Waals surface area (Å²) in [5.41, 5.74) is 1.49. The molecule has 1 aromatic rings.